The average molecular weight is 261 g/mol. The van der Waals surface area contributed by atoms with Crippen LogP contribution in [0.1, 0.15) is 23.7 Å². The van der Waals surface area contributed by atoms with E-state index in [1.807, 2.05) is 0 Å². The highest BCUT2D eigenvalue weighted by atomic mass is 16.5. The molecule has 1 heterocycles. The lowest BCUT2D eigenvalue weighted by Crippen LogP contribution is -2.20. The third kappa shape index (κ3) is 2.62. The van der Waals surface area contributed by atoms with Crippen LogP contribution in [0.25, 0.3) is 11.0 Å². The fraction of sp³-hybridized carbons (Fsp3) is 0.154. The molecule has 0 spiro atoms. The quantitative estimate of drug-likeness (QED) is 0.508. The van der Waals surface area contributed by atoms with Crippen molar-refractivity contribution in [3.63, 3.8) is 0 Å². The molecular weight excluding hydrogens is 250 g/mol. The number of benzene rings is 1. The number of ether oxygens (including phenoxy) is 1. The standard InChI is InChI=1S/C13H11NO5/c1-2-11(15)18-8-4-3-7-5-9(12(14)16)13(17)19-10(7)6-8/h3-6H,2H2,1H3,(H2,14,16). The Morgan fingerprint density at radius 3 is 2.68 bits per heavy atom. The molecule has 0 unspecified atom stereocenters. The third-order valence-corrected chi connectivity index (χ3v) is 2.49. The Morgan fingerprint density at radius 2 is 2.05 bits per heavy atom. The zero-order valence-electron chi connectivity index (χ0n) is 10.1. The van der Waals surface area contributed by atoms with E-state index in [4.69, 9.17) is 14.9 Å². The summed E-state index contributed by atoms with van der Waals surface area (Å²) in [4.78, 5) is 33.7. The van der Waals surface area contributed by atoms with Crippen molar-refractivity contribution >= 4 is 22.8 Å². The van der Waals surface area contributed by atoms with Gasteiger partial charge in [0.05, 0.1) is 0 Å². The number of hydrogen-bond donors (Lipinski definition) is 1. The van der Waals surface area contributed by atoms with Crippen LogP contribution in [-0.4, -0.2) is 11.9 Å². The molecule has 0 saturated heterocycles. The van der Waals surface area contributed by atoms with E-state index in [0.717, 1.165) is 0 Å². The molecule has 2 rings (SSSR count). The summed E-state index contributed by atoms with van der Waals surface area (Å²) in [6.45, 7) is 1.67. The van der Waals surface area contributed by atoms with Crippen LogP contribution in [0.2, 0.25) is 0 Å². The summed E-state index contributed by atoms with van der Waals surface area (Å²) in [5, 5.41) is 0.518. The molecule has 0 fully saturated rings. The van der Waals surface area contributed by atoms with Gasteiger partial charge < -0.3 is 14.9 Å². The second kappa shape index (κ2) is 4.93. The maximum Gasteiger partial charge on any atom is 0.349 e. The fourth-order valence-corrected chi connectivity index (χ4v) is 1.53. The van der Waals surface area contributed by atoms with Gasteiger partial charge in [-0.1, -0.05) is 6.92 Å². The number of carbonyl (C=O) groups excluding carboxylic acids is 2. The lowest BCUT2D eigenvalue weighted by atomic mass is 10.2. The van der Waals surface area contributed by atoms with Gasteiger partial charge in [-0.25, -0.2) is 4.79 Å². The van der Waals surface area contributed by atoms with Crippen LogP contribution in [0.5, 0.6) is 5.75 Å². The molecule has 0 atom stereocenters. The second-order valence-electron chi connectivity index (χ2n) is 3.84. The van der Waals surface area contributed by atoms with Crippen molar-refractivity contribution in [1.29, 1.82) is 0 Å². The number of amides is 1. The number of esters is 1. The van der Waals surface area contributed by atoms with Gasteiger partial charge >= 0.3 is 11.6 Å². The highest BCUT2D eigenvalue weighted by Gasteiger charge is 2.11. The molecule has 0 radical (unpaired) electrons. The predicted octanol–water partition coefficient (Wildman–Crippen LogP) is 1.21. The van der Waals surface area contributed by atoms with Crippen molar-refractivity contribution in [2.75, 3.05) is 0 Å². The van der Waals surface area contributed by atoms with E-state index in [1.54, 1.807) is 19.1 Å². The molecule has 19 heavy (non-hydrogen) atoms. The fourth-order valence-electron chi connectivity index (χ4n) is 1.53. The topological polar surface area (TPSA) is 99.6 Å². The van der Waals surface area contributed by atoms with E-state index >= 15 is 0 Å². The second-order valence-corrected chi connectivity index (χ2v) is 3.84. The van der Waals surface area contributed by atoms with Crippen molar-refractivity contribution in [3.8, 4) is 5.75 Å². The minimum atomic E-state index is -0.850. The van der Waals surface area contributed by atoms with Crippen LogP contribution in [0, 0.1) is 0 Å². The van der Waals surface area contributed by atoms with E-state index < -0.39 is 17.5 Å². The highest BCUT2D eigenvalue weighted by Crippen LogP contribution is 2.20. The summed E-state index contributed by atoms with van der Waals surface area (Å²) in [7, 11) is 0. The molecule has 98 valence electrons. The van der Waals surface area contributed by atoms with Crippen LogP contribution in [0.3, 0.4) is 0 Å². The van der Waals surface area contributed by atoms with Crippen LogP contribution in [0.4, 0.5) is 0 Å². The van der Waals surface area contributed by atoms with Gasteiger partial charge in [0.1, 0.15) is 16.9 Å². The van der Waals surface area contributed by atoms with E-state index in [0.29, 0.717) is 5.39 Å². The van der Waals surface area contributed by atoms with E-state index in [9.17, 15) is 14.4 Å². The summed E-state index contributed by atoms with van der Waals surface area (Å²) >= 11 is 0. The van der Waals surface area contributed by atoms with Gasteiger partial charge in [-0.05, 0) is 18.2 Å². The normalized spacial score (nSPS) is 10.4. The first-order chi connectivity index (χ1) is 9.01. The van der Waals surface area contributed by atoms with Crippen molar-refractivity contribution in [1.82, 2.24) is 0 Å². The van der Waals surface area contributed by atoms with Gasteiger partial charge in [0.15, 0.2) is 0 Å². The summed E-state index contributed by atoms with van der Waals surface area (Å²) in [5.74, 6) is -0.970. The summed E-state index contributed by atoms with van der Waals surface area (Å²) in [6.07, 6.45) is 0.239. The van der Waals surface area contributed by atoms with Crippen LogP contribution >= 0.6 is 0 Å². The minimum absolute atomic E-state index is 0.217. The van der Waals surface area contributed by atoms with Crippen LogP contribution in [-0.2, 0) is 4.79 Å². The van der Waals surface area contributed by atoms with Gasteiger partial charge in [-0.2, -0.15) is 0 Å². The molecule has 0 saturated carbocycles. The number of nitrogens with two attached hydrogens (primary N) is 1. The van der Waals surface area contributed by atoms with Crippen LogP contribution in [0.15, 0.2) is 33.5 Å². The number of primary amides is 1. The molecule has 6 nitrogen and oxygen atoms in total. The molecule has 0 bridgehead atoms. The van der Waals surface area contributed by atoms with E-state index in [1.165, 1.54) is 12.1 Å². The molecule has 0 aliphatic heterocycles. The zero-order valence-corrected chi connectivity index (χ0v) is 10.1. The lowest BCUT2D eigenvalue weighted by Gasteiger charge is -2.04. The van der Waals surface area contributed by atoms with Crippen molar-refractivity contribution in [2.24, 2.45) is 5.73 Å². The molecule has 2 N–H and O–H groups in total. The summed E-state index contributed by atoms with van der Waals surface area (Å²) in [5.41, 5.74) is 4.23. The van der Waals surface area contributed by atoms with Gasteiger partial charge in [-0.3, -0.25) is 9.59 Å². The molecule has 1 aromatic heterocycles. The number of fused-ring (bicyclic) bond motifs is 1. The third-order valence-electron chi connectivity index (χ3n) is 2.49. The molecule has 2 aromatic rings. The summed E-state index contributed by atoms with van der Waals surface area (Å²) in [6, 6.07) is 5.87. The first-order valence-electron chi connectivity index (χ1n) is 5.59. The first kappa shape index (κ1) is 12.8. The molecule has 1 amide bonds. The number of carbonyl (C=O) groups is 2. The minimum Gasteiger partial charge on any atom is -0.426 e. The number of rotatable bonds is 3. The Bertz CT molecular complexity index is 717. The van der Waals surface area contributed by atoms with Crippen molar-refractivity contribution < 1.29 is 18.7 Å². The predicted molar refractivity (Wildman–Crippen MR) is 66.9 cm³/mol. The maximum absolute atomic E-state index is 11.5. The van der Waals surface area contributed by atoms with Gasteiger partial charge in [0.2, 0.25) is 0 Å². The van der Waals surface area contributed by atoms with E-state index in [2.05, 4.69) is 0 Å². The Morgan fingerprint density at radius 1 is 1.32 bits per heavy atom. The maximum atomic E-state index is 11.5. The van der Waals surface area contributed by atoms with Gasteiger partial charge in [0.25, 0.3) is 5.91 Å². The molecule has 1 aromatic carbocycles. The zero-order chi connectivity index (χ0) is 14.0. The number of hydrogen-bond acceptors (Lipinski definition) is 5. The Balaban J connectivity index is 2.50. The summed E-state index contributed by atoms with van der Waals surface area (Å²) < 4.78 is 9.96. The largest absolute Gasteiger partial charge is 0.426 e. The lowest BCUT2D eigenvalue weighted by molar-refractivity contribution is -0.134. The smallest absolute Gasteiger partial charge is 0.349 e. The van der Waals surface area contributed by atoms with Gasteiger partial charge in [0, 0.05) is 17.9 Å². The van der Waals surface area contributed by atoms with Gasteiger partial charge in [-0.15, -0.1) is 0 Å². The monoisotopic (exact) mass is 261 g/mol. The molecule has 0 aliphatic rings. The Hall–Kier alpha value is -2.63. The molecule has 0 aliphatic carbocycles. The van der Waals surface area contributed by atoms with Crippen molar-refractivity contribution in [2.45, 2.75) is 13.3 Å². The average Bonchev–Trinajstić information content (AvgIpc) is 2.37. The Labute approximate surface area is 107 Å². The molecular formula is C13H11NO5. The highest BCUT2D eigenvalue weighted by molar-refractivity contribution is 5.95. The molecule has 6 heteroatoms. The SMILES string of the molecule is CCC(=O)Oc1ccc2cc(C(N)=O)c(=O)oc2c1. The van der Waals surface area contributed by atoms with E-state index in [-0.39, 0.29) is 23.3 Å². The van der Waals surface area contributed by atoms with Crippen LogP contribution < -0.4 is 16.1 Å². The first-order valence-corrected chi connectivity index (χ1v) is 5.59. The Kier molecular flexibility index (Phi) is 3.33. The van der Waals surface area contributed by atoms with Crippen molar-refractivity contribution in [3.05, 3.63) is 40.2 Å².